The number of hydrogen-bond donors (Lipinski definition) is 0. The van der Waals surface area contributed by atoms with Gasteiger partial charge < -0.3 is 0 Å². The Balaban J connectivity index is 2.35. The maximum Gasteiger partial charge on any atom is 0.150 e. The normalized spacial score (nSPS) is 10.5. The average Bonchev–Trinajstić information content (AvgIpc) is 2.72. The lowest BCUT2D eigenvalue weighted by Crippen LogP contribution is -2.00. The summed E-state index contributed by atoms with van der Waals surface area (Å²) in [4.78, 5) is 10.6. The van der Waals surface area contributed by atoms with Crippen molar-refractivity contribution in [3.05, 3.63) is 41.7 Å². The highest BCUT2D eigenvalue weighted by atomic mass is 16.1. The smallest absolute Gasteiger partial charge is 0.150 e. The first kappa shape index (κ1) is 11.6. The largest absolute Gasteiger partial charge is 0.298 e. The van der Waals surface area contributed by atoms with Gasteiger partial charge in [-0.05, 0) is 18.9 Å². The van der Waals surface area contributed by atoms with E-state index in [1.165, 1.54) is 5.69 Å². The summed E-state index contributed by atoms with van der Waals surface area (Å²) < 4.78 is 2.02. The van der Waals surface area contributed by atoms with Crippen LogP contribution in [0.4, 0.5) is 0 Å². The molecule has 17 heavy (non-hydrogen) atoms. The van der Waals surface area contributed by atoms with Gasteiger partial charge in [0, 0.05) is 23.4 Å². The molecule has 0 unspecified atom stereocenters. The van der Waals surface area contributed by atoms with E-state index < -0.39 is 0 Å². The SMILES string of the molecule is CCCn1ncc(-c2ccc(C=O)cc2)c1C. The summed E-state index contributed by atoms with van der Waals surface area (Å²) in [6.07, 6.45) is 3.82. The van der Waals surface area contributed by atoms with Crippen LogP contribution in [-0.2, 0) is 6.54 Å². The number of nitrogens with zero attached hydrogens (tertiary/aromatic N) is 2. The van der Waals surface area contributed by atoms with Gasteiger partial charge in [-0.1, -0.05) is 31.2 Å². The number of hydrogen-bond acceptors (Lipinski definition) is 2. The minimum atomic E-state index is 0.701. The zero-order valence-electron chi connectivity index (χ0n) is 10.2. The Labute approximate surface area is 101 Å². The van der Waals surface area contributed by atoms with Crippen molar-refractivity contribution in [2.75, 3.05) is 0 Å². The molecule has 0 spiro atoms. The van der Waals surface area contributed by atoms with Crippen LogP contribution in [0.2, 0.25) is 0 Å². The Morgan fingerprint density at radius 1 is 1.29 bits per heavy atom. The van der Waals surface area contributed by atoms with Gasteiger partial charge >= 0.3 is 0 Å². The van der Waals surface area contributed by atoms with Crippen LogP contribution in [-0.4, -0.2) is 16.1 Å². The molecular weight excluding hydrogens is 212 g/mol. The van der Waals surface area contributed by atoms with Crippen molar-refractivity contribution in [3.63, 3.8) is 0 Å². The van der Waals surface area contributed by atoms with Crippen LogP contribution in [0.25, 0.3) is 11.1 Å². The zero-order chi connectivity index (χ0) is 12.3. The number of carbonyl (C=O) groups is 1. The maximum absolute atomic E-state index is 10.6. The molecule has 3 nitrogen and oxygen atoms in total. The van der Waals surface area contributed by atoms with Crippen molar-refractivity contribution in [1.29, 1.82) is 0 Å². The summed E-state index contributed by atoms with van der Waals surface area (Å²) >= 11 is 0. The Morgan fingerprint density at radius 2 is 2.00 bits per heavy atom. The van der Waals surface area contributed by atoms with Crippen LogP contribution in [0, 0.1) is 6.92 Å². The molecule has 1 aromatic heterocycles. The van der Waals surface area contributed by atoms with Gasteiger partial charge in [0.15, 0.2) is 0 Å². The van der Waals surface area contributed by atoms with Crippen LogP contribution in [0.5, 0.6) is 0 Å². The second kappa shape index (κ2) is 4.95. The quantitative estimate of drug-likeness (QED) is 0.754. The molecule has 0 aliphatic heterocycles. The van der Waals surface area contributed by atoms with Crippen LogP contribution in [0.3, 0.4) is 0 Å². The number of aryl methyl sites for hydroxylation is 1. The molecule has 1 aromatic carbocycles. The summed E-state index contributed by atoms with van der Waals surface area (Å²) in [5, 5.41) is 4.37. The van der Waals surface area contributed by atoms with Gasteiger partial charge in [-0.2, -0.15) is 5.10 Å². The molecule has 1 heterocycles. The first-order valence-electron chi connectivity index (χ1n) is 5.84. The topological polar surface area (TPSA) is 34.9 Å². The fourth-order valence-corrected chi connectivity index (χ4v) is 1.91. The molecule has 0 saturated carbocycles. The van der Waals surface area contributed by atoms with Crippen molar-refractivity contribution in [1.82, 2.24) is 9.78 Å². The highest BCUT2D eigenvalue weighted by Gasteiger charge is 2.07. The fraction of sp³-hybridized carbons (Fsp3) is 0.286. The highest BCUT2D eigenvalue weighted by Crippen LogP contribution is 2.23. The van der Waals surface area contributed by atoms with Crippen molar-refractivity contribution in [2.45, 2.75) is 26.8 Å². The monoisotopic (exact) mass is 228 g/mol. The third-order valence-corrected chi connectivity index (χ3v) is 2.90. The number of carbonyl (C=O) groups excluding carboxylic acids is 1. The molecule has 0 saturated heterocycles. The zero-order valence-corrected chi connectivity index (χ0v) is 10.2. The van der Waals surface area contributed by atoms with Crippen molar-refractivity contribution < 1.29 is 4.79 Å². The minimum absolute atomic E-state index is 0.701. The van der Waals surface area contributed by atoms with Crippen LogP contribution >= 0.6 is 0 Å². The van der Waals surface area contributed by atoms with E-state index in [1.54, 1.807) is 0 Å². The summed E-state index contributed by atoms with van der Waals surface area (Å²) in [6.45, 7) is 5.16. The lowest BCUT2D eigenvalue weighted by molar-refractivity contribution is 0.112. The second-order valence-corrected chi connectivity index (χ2v) is 4.11. The molecule has 0 fully saturated rings. The van der Waals surface area contributed by atoms with E-state index in [0.29, 0.717) is 5.56 Å². The lowest BCUT2D eigenvalue weighted by Gasteiger charge is -2.04. The standard InChI is InChI=1S/C14H16N2O/c1-3-8-16-11(2)14(9-15-16)13-6-4-12(10-17)5-7-13/h4-7,9-10H,3,8H2,1-2H3. The van der Waals surface area contributed by atoms with Crippen LogP contribution < -0.4 is 0 Å². The summed E-state index contributed by atoms with van der Waals surface area (Å²) in [6, 6.07) is 7.59. The van der Waals surface area contributed by atoms with Gasteiger partial charge in [0.05, 0.1) is 6.20 Å². The highest BCUT2D eigenvalue weighted by molar-refractivity contribution is 5.77. The van der Waals surface area contributed by atoms with E-state index in [2.05, 4.69) is 18.9 Å². The predicted molar refractivity (Wildman–Crippen MR) is 68.1 cm³/mol. The Hall–Kier alpha value is -1.90. The van der Waals surface area contributed by atoms with E-state index in [0.717, 1.165) is 30.4 Å². The Bertz CT molecular complexity index is 512. The van der Waals surface area contributed by atoms with E-state index in [-0.39, 0.29) is 0 Å². The van der Waals surface area contributed by atoms with E-state index in [1.807, 2.05) is 35.1 Å². The molecule has 2 rings (SSSR count). The molecule has 0 amide bonds. The average molecular weight is 228 g/mol. The lowest BCUT2D eigenvalue weighted by atomic mass is 10.1. The number of aldehydes is 1. The van der Waals surface area contributed by atoms with Crippen molar-refractivity contribution >= 4 is 6.29 Å². The second-order valence-electron chi connectivity index (χ2n) is 4.11. The molecule has 88 valence electrons. The maximum atomic E-state index is 10.6. The third kappa shape index (κ3) is 2.28. The third-order valence-electron chi connectivity index (χ3n) is 2.90. The molecule has 0 atom stereocenters. The molecule has 0 bridgehead atoms. The number of aromatic nitrogens is 2. The molecule has 3 heteroatoms. The molecule has 0 aliphatic rings. The van der Waals surface area contributed by atoms with Gasteiger partial charge in [-0.25, -0.2) is 0 Å². The first-order valence-corrected chi connectivity index (χ1v) is 5.84. The Kier molecular flexibility index (Phi) is 3.38. The van der Waals surface area contributed by atoms with E-state index in [4.69, 9.17) is 0 Å². The number of rotatable bonds is 4. The van der Waals surface area contributed by atoms with E-state index >= 15 is 0 Å². The summed E-state index contributed by atoms with van der Waals surface area (Å²) in [5.74, 6) is 0. The predicted octanol–water partition coefficient (Wildman–Crippen LogP) is 3.08. The van der Waals surface area contributed by atoms with E-state index in [9.17, 15) is 4.79 Å². The number of benzene rings is 1. The molecule has 2 aromatic rings. The summed E-state index contributed by atoms with van der Waals surface area (Å²) in [7, 11) is 0. The first-order chi connectivity index (χ1) is 8.26. The molecule has 0 aliphatic carbocycles. The van der Waals surface area contributed by atoms with Crippen molar-refractivity contribution in [3.8, 4) is 11.1 Å². The van der Waals surface area contributed by atoms with Crippen LogP contribution in [0.15, 0.2) is 30.5 Å². The van der Waals surface area contributed by atoms with Gasteiger partial charge in [-0.3, -0.25) is 9.48 Å². The molecule has 0 N–H and O–H groups in total. The van der Waals surface area contributed by atoms with Gasteiger partial charge in [0.25, 0.3) is 0 Å². The Morgan fingerprint density at radius 3 is 2.59 bits per heavy atom. The molecular formula is C14H16N2O. The van der Waals surface area contributed by atoms with Crippen LogP contribution in [0.1, 0.15) is 29.4 Å². The van der Waals surface area contributed by atoms with Gasteiger partial charge in [0.1, 0.15) is 6.29 Å². The van der Waals surface area contributed by atoms with Gasteiger partial charge in [0.2, 0.25) is 0 Å². The summed E-state index contributed by atoms with van der Waals surface area (Å²) in [5.41, 5.74) is 4.12. The van der Waals surface area contributed by atoms with Gasteiger partial charge in [-0.15, -0.1) is 0 Å². The molecule has 0 radical (unpaired) electrons. The van der Waals surface area contributed by atoms with Crippen molar-refractivity contribution in [2.24, 2.45) is 0 Å². The fourth-order valence-electron chi connectivity index (χ4n) is 1.91. The minimum Gasteiger partial charge on any atom is -0.298 e.